The molecule has 1 aliphatic carbocycles. The molecule has 1 heterocycles. The van der Waals surface area contributed by atoms with Gasteiger partial charge in [0.25, 0.3) is 5.91 Å². The molecule has 1 fully saturated rings. The zero-order valence-electron chi connectivity index (χ0n) is 9.79. The van der Waals surface area contributed by atoms with Crippen LogP contribution in [0.15, 0.2) is 12.1 Å². The minimum Gasteiger partial charge on any atom is -0.373 e. The molecule has 0 aromatic carbocycles. The van der Waals surface area contributed by atoms with Crippen LogP contribution < -0.4 is 10.6 Å². The summed E-state index contributed by atoms with van der Waals surface area (Å²) in [7, 11) is 1.75. The first-order valence-corrected chi connectivity index (χ1v) is 6.21. The lowest BCUT2D eigenvalue weighted by atomic mass is 10.3. The molecule has 1 saturated carbocycles. The van der Waals surface area contributed by atoms with Crippen molar-refractivity contribution in [3.05, 3.63) is 22.8 Å². The van der Waals surface area contributed by atoms with E-state index >= 15 is 0 Å². The number of hydrogen-bond acceptors (Lipinski definition) is 3. The quantitative estimate of drug-likeness (QED) is 0.847. The van der Waals surface area contributed by atoms with Gasteiger partial charge in [0.15, 0.2) is 0 Å². The van der Waals surface area contributed by atoms with Gasteiger partial charge in [-0.2, -0.15) is 0 Å². The number of hydrogen-bond donors (Lipinski definition) is 2. The molecule has 0 radical (unpaired) electrons. The topological polar surface area (TPSA) is 54.0 Å². The second-order valence-electron chi connectivity index (χ2n) is 4.26. The Balaban J connectivity index is 1.96. The van der Waals surface area contributed by atoms with Gasteiger partial charge in [0.05, 0.1) is 5.02 Å². The van der Waals surface area contributed by atoms with Gasteiger partial charge in [-0.15, -0.1) is 0 Å². The number of amides is 1. The highest BCUT2D eigenvalue weighted by Crippen LogP contribution is 2.31. The van der Waals surface area contributed by atoms with Gasteiger partial charge in [0.1, 0.15) is 11.5 Å². The Bertz CT molecular complexity index is 418. The van der Waals surface area contributed by atoms with E-state index in [1.54, 1.807) is 19.2 Å². The van der Waals surface area contributed by atoms with Crippen molar-refractivity contribution in [1.29, 1.82) is 0 Å². The fraction of sp³-hybridized carbons (Fsp3) is 0.500. The summed E-state index contributed by atoms with van der Waals surface area (Å²) in [6.07, 6.45) is 3.64. The number of nitrogens with zero attached hydrogens (tertiary/aromatic N) is 1. The van der Waals surface area contributed by atoms with Crippen molar-refractivity contribution >= 4 is 23.3 Å². The van der Waals surface area contributed by atoms with Crippen LogP contribution in [0.25, 0.3) is 0 Å². The molecule has 0 bridgehead atoms. The Morgan fingerprint density at radius 1 is 1.53 bits per heavy atom. The van der Waals surface area contributed by atoms with Crippen molar-refractivity contribution in [3.63, 3.8) is 0 Å². The van der Waals surface area contributed by atoms with Gasteiger partial charge in [-0.3, -0.25) is 4.79 Å². The first-order valence-electron chi connectivity index (χ1n) is 5.83. The molecule has 92 valence electrons. The van der Waals surface area contributed by atoms with Crippen LogP contribution in [-0.4, -0.2) is 24.5 Å². The number of carbonyl (C=O) groups is 1. The summed E-state index contributed by atoms with van der Waals surface area (Å²) in [6.45, 7) is 0.700. The minimum absolute atomic E-state index is 0.201. The molecule has 2 rings (SSSR count). The zero-order chi connectivity index (χ0) is 12.3. The number of nitrogens with one attached hydrogen (secondary N) is 2. The van der Waals surface area contributed by atoms with Gasteiger partial charge in [-0.25, -0.2) is 4.98 Å². The average Bonchev–Trinajstić information content (AvgIpc) is 3.13. The molecule has 4 nitrogen and oxygen atoms in total. The van der Waals surface area contributed by atoms with E-state index in [-0.39, 0.29) is 11.6 Å². The van der Waals surface area contributed by atoms with E-state index in [0.717, 1.165) is 12.3 Å². The van der Waals surface area contributed by atoms with Gasteiger partial charge in [-0.05, 0) is 24.5 Å². The molecular weight excluding hydrogens is 238 g/mol. The largest absolute Gasteiger partial charge is 0.373 e. The first kappa shape index (κ1) is 12.2. The first-order chi connectivity index (χ1) is 8.20. The summed E-state index contributed by atoms with van der Waals surface area (Å²) in [5, 5.41) is 6.12. The second kappa shape index (κ2) is 5.36. The standard InChI is InChI=1S/C12H16ClN3O/c1-14-10-5-4-9(13)11(16-10)12(17)15-7-6-8-2-3-8/h4-5,8H,2-3,6-7H2,1H3,(H,14,16)(H,15,17). The van der Waals surface area contributed by atoms with Crippen LogP contribution in [0.3, 0.4) is 0 Å². The van der Waals surface area contributed by atoms with Gasteiger partial charge in [0, 0.05) is 13.6 Å². The van der Waals surface area contributed by atoms with Crippen LogP contribution in [0, 0.1) is 5.92 Å². The van der Waals surface area contributed by atoms with E-state index in [9.17, 15) is 4.79 Å². The van der Waals surface area contributed by atoms with E-state index in [2.05, 4.69) is 15.6 Å². The van der Waals surface area contributed by atoms with Crippen LogP contribution in [0.1, 0.15) is 29.8 Å². The molecule has 0 unspecified atom stereocenters. The lowest BCUT2D eigenvalue weighted by molar-refractivity contribution is 0.0948. The zero-order valence-corrected chi connectivity index (χ0v) is 10.5. The van der Waals surface area contributed by atoms with Crippen LogP contribution in [0.5, 0.6) is 0 Å². The Labute approximate surface area is 106 Å². The molecule has 1 aliphatic rings. The molecule has 2 N–H and O–H groups in total. The number of aromatic nitrogens is 1. The third kappa shape index (κ3) is 3.33. The molecule has 17 heavy (non-hydrogen) atoms. The predicted molar refractivity (Wildman–Crippen MR) is 68.5 cm³/mol. The molecule has 1 aromatic rings. The minimum atomic E-state index is -0.201. The van der Waals surface area contributed by atoms with Crippen molar-refractivity contribution in [1.82, 2.24) is 10.3 Å². The number of pyridine rings is 1. The van der Waals surface area contributed by atoms with E-state index in [0.29, 0.717) is 17.4 Å². The fourth-order valence-electron chi connectivity index (χ4n) is 1.62. The summed E-state index contributed by atoms with van der Waals surface area (Å²) in [5.41, 5.74) is 0.286. The highest BCUT2D eigenvalue weighted by molar-refractivity contribution is 6.33. The second-order valence-corrected chi connectivity index (χ2v) is 4.67. The molecule has 0 spiro atoms. The highest BCUT2D eigenvalue weighted by atomic mass is 35.5. The number of halogens is 1. The summed E-state index contributed by atoms with van der Waals surface area (Å²) in [4.78, 5) is 16.0. The SMILES string of the molecule is CNc1ccc(Cl)c(C(=O)NCCC2CC2)n1. The maximum Gasteiger partial charge on any atom is 0.271 e. The Hall–Kier alpha value is -1.29. The molecule has 5 heteroatoms. The van der Waals surface area contributed by atoms with Crippen LogP contribution in [0.4, 0.5) is 5.82 Å². The van der Waals surface area contributed by atoms with Gasteiger partial charge in [0.2, 0.25) is 0 Å². The van der Waals surface area contributed by atoms with E-state index in [4.69, 9.17) is 11.6 Å². The molecule has 0 aliphatic heterocycles. The molecule has 1 aromatic heterocycles. The molecular formula is C12H16ClN3O. The smallest absolute Gasteiger partial charge is 0.271 e. The molecule has 0 atom stereocenters. The van der Waals surface area contributed by atoms with Crippen LogP contribution in [0.2, 0.25) is 5.02 Å². The monoisotopic (exact) mass is 253 g/mol. The van der Waals surface area contributed by atoms with Crippen molar-refractivity contribution in [2.24, 2.45) is 5.92 Å². The van der Waals surface area contributed by atoms with E-state index in [1.165, 1.54) is 12.8 Å². The van der Waals surface area contributed by atoms with E-state index in [1.807, 2.05) is 0 Å². The van der Waals surface area contributed by atoms with Gasteiger partial charge >= 0.3 is 0 Å². The predicted octanol–water partition coefficient (Wildman–Crippen LogP) is 2.31. The third-order valence-corrected chi connectivity index (χ3v) is 3.16. The fourth-order valence-corrected chi connectivity index (χ4v) is 1.81. The Morgan fingerprint density at radius 2 is 2.29 bits per heavy atom. The van der Waals surface area contributed by atoms with Crippen molar-refractivity contribution in [2.75, 3.05) is 18.9 Å². The molecule has 1 amide bonds. The number of carbonyl (C=O) groups excluding carboxylic acids is 1. The maximum atomic E-state index is 11.8. The lowest BCUT2D eigenvalue weighted by Gasteiger charge is -2.07. The normalized spacial score (nSPS) is 14.5. The maximum absolute atomic E-state index is 11.8. The van der Waals surface area contributed by atoms with Crippen molar-refractivity contribution in [2.45, 2.75) is 19.3 Å². The highest BCUT2D eigenvalue weighted by Gasteiger charge is 2.21. The third-order valence-electron chi connectivity index (χ3n) is 2.85. The van der Waals surface area contributed by atoms with E-state index < -0.39 is 0 Å². The van der Waals surface area contributed by atoms with Gasteiger partial charge < -0.3 is 10.6 Å². The summed E-state index contributed by atoms with van der Waals surface area (Å²) < 4.78 is 0. The number of rotatable bonds is 5. The molecule has 0 saturated heterocycles. The number of anilines is 1. The lowest BCUT2D eigenvalue weighted by Crippen LogP contribution is -2.26. The average molecular weight is 254 g/mol. The van der Waals surface area contributed by atoms with Crippen LogP contribution in [-0.2, 0) is 0 Å². The summed E-state index contributed by atoms with van der Waals surface area (Å²) in [5.74, 6) is 1.25. The van der Waals surface area contributed by atoms with Crippen LogP contribution >= 0.6 is 11.6 Å². The Morgan fingerprint density at radius 3 is 2.94 bits per heavy atom. The summed E-state index contributed by atoms with van der Waals surface area (Å²) in [6, 6.07) is 3.42. The van der Waals surface area contributed by atoms with Crippen molar-refractivity contribution in [3.8, 4) is 0 Å². The summed E-state index contributed by atoms with van der Waals surface area (Å²) >= 11 is 5.95. The van der Waals surface area contributed by atoms with Gasteiger partial charge in [-0.1, -0.05) is 24.4 Å². The Kier molecular flexibility index (Phi) is 3.84. The van der Waals surface area contributed by atoms with Crippen molar-refractivity contribution < 1.29 is 4.79 Å².